The normalized spacial score (nSPS) is 24.0. The molecule has 0 radical (unpaired) electrons. The van der Waals surface area contributed by atoms with Crippen molar-refractivity contribution in [3.8, 4) is 0 Å². The standard InChI is InChI=1S/C17H30N4O/c1-18-16(21-12-9-17(13-21)7-3-8-17)20-11-4-10-19-15(22)14-5-2-6-14/h14H,2-13H2,1H3,(H,18,20)(H,19,22). The van der Waals surface area contributed by atoms with E-state index in [9.17, 15) is 4.79 Å². The van der Waals surface area contributed by atoms with E-state index >= 15 is 0 Å². The van der Waals surface area contributed by atoms with Crippen LogP contribution in [0.1, 0.15) is 51.4 Å². The highest BCUT2D eigenvalue weighted by atomic mass is 16.1. The second-order valence-corrected chi connectivity index (χ2v) is 7.27. The summed E-state index contributed by atoms with van der Waals surface area (Å²) >= 11 is 0. The Morgan fingerprint density at radius 3 is 2.50 bits per heavy atom. The van der Waals surface area contributed by atoms with Gasteiger partial charge in [-0.1, -0.05) is 12.8 Å². The number of amides is 1. The van der Waals surface area contributed by atoms with Gasteiger partial charge in [0.15, 0.2) is 5.96 Å². The number of nitrogens with one attached hydrogen (secondary N) is 2. The summed E-state index contributed by atoms with van der Waals surface area (Å²) in [5.41, 5.74) is 0.606. The van der Waals surface area contributed by atoms with Crippen molar-refractivity contribution in [3.63, 3.8) is 0 Å². The molecule has 3 fully saturated rings. The molecule has 2 N–H and O–H groups in total. The van der Waals surface area contributed by atoms with E-state index in [1.165, 1.54) is 38.6 Å². The van der Waals surface area contributed by atoms with E-state index in [2.05, 4.69) is 20.5 Å². The summed E-state index contributed by atoms with van der Waals surface area (Å²) in [6, 6.07) is 0. The fourth-order valence-electron chi connectivity index (χ4n) is 3.85. The zero-order valence-electron chi connectivity index (χ0n) is 13.9. The Hall–Kier alpha value is -1.26. The van der Waals surface area contributed by atoms with Crippen molar-refractivity contribution >= 4 is 11.9 Å². The molecule has 1 spiro atoms. The first kappa shape index (κ1) is 15.6. The number of guanidine groups is 1. The Morgan fingerprint density at radius 1 is 1.18 bits per heavy atom. The summed E-state index contributed by atoms with van der Waals surface area (Å²) in [4.78, 5) is 18.6. The first-order chi connectivity index (χ1) is 10.7. The molecule has 1 saturated heterocycles. The maximum atomic E-state index is 11.7. The molecule has 0 aromatic rings. The van der Waals surface area contributed by atoms with Gasteiger partial charge in [-0.25, -0.2) is 0 Å². The number of carbonyl (C=O) groups excluding carboxylic acids is 1. The number of nitrogens with zero attached hydrogens (tertiary/aromatic N) is 2. The van der Waals surface area contributed by atoms with Crippen LogP contribution in [0.4, 0.5) is 0 Å². The van der Waals surface area contributed by atoms with Gasteiger partial charge in [0.05, 0.1) is 0 Å². The Bertz CT molecular complexity index is 426. The average Bonchev–Trinajstić information content (AvgIpc) is 2.86. The molecule has 0 atom stereocenters. The molecule has 1 heterocycles. The molecule has 0 unspecified atom stereocenters. The molecule has 22 heavy (non-hydrogen) atoms. The largest absolute Gasteiger partial charge is 0.356 e. The zero-order chi connectivity index (χ0) is 15.4. The SMILES string of the molecule is CN=C(NCCCNC(=O)C1CCC1)N1CCC2(CCC2)C1. The van der Waals surface area contributed by atoms with Gasteiger partial charge in [-0.3, -0.25) is 9.79 Å². The third kappa shape index (κ3) is 3.39. The highest BCUT2D eigenvalue weighted by Gasteiger charge is 2.43. The predicted molar refractivity (Wildman–Crippen MR) is 88.8 cm³/mol. The lowest BCUT2D eigenvalue weighted by Gasteiger charge is -2.38. The van der Waals surface area contributed by atoms with Crippen molar-refractivity contribution in [2.24, 2.45) is 16.3 Å². The predicted octanol–water partition coefficient (Wildman–Crippen LogP) is 1.74. The van der Waals surface area contributed by atoms with Crippen molar-refractivity contribution in [3.05, 3.63) is 0 Å². The van der Waals surface area contributed by atoms with Gasteiger partial charge in [0.25, 0.3) is 0 Å². The summed E-state index contributed by atoms with van der Waals surface area (Å²) < 4.78 is 0. The third-order valence-electron chi connectivity index (χ3n) is 5.78. The number of likely N-dealkylation sites (tertiary alicyclic amines) is 1. The van der Waals surface area contributed by atoms with E-state index in [4.69, 9.17) is 0 Å². The van der Waals surface area contributed by atoms with Gasteiger partial charge in [-0.2, -0.15) is 0 Å². The highest BCUT2D eigenvalue weighted by molar-refractivity contribution is 5.80. The van der Waals surface area contributed by atoms with Gasteiger partial charge in [0.1, 0.15) is 0 Å². The van der Waals surface area contributed by atoms with E-state index in [1.54, 1.807) is 0 Å². The molecule has 5 nitrogen and oxygen atoms in total. The lowest BCUT2D eigenvalue weighted by atomic mass is 9.68. The van der Waals surface area contributed by atoms with E-state index in [0.717, 1.165) is 44.9 Å². The maximum Gasteiger partial charge on any atom is 0.223 e. The topological polar surface area (TPSA) is 56.7 Å². The van der Waals surface area contributed by atoms with Gasteiger partial charge in [-0.05, 0) is 43.9 Å². The van der Waals surface area contributed by atoms with E-state index in [0.29, 0.717) is 11.3 Å². The number of hydrogen-bond donors (Lipinski definition) is 2. The minimum absolute atomic E-state index is 0.252. The van der Waals surface area contributed by atoms with Crippen LogP contribution in [0.15, 0.2) is 4.99 Å². The summed E-state index contributed by atoms with van der Waals surface area (Å²) in [6.07, 6.45) is 9.84. The molecule has 1 amide bonds. The Kier molecular flexibility index (Phi) is 4.89. The second-order valence-electron chi connectivity index (χ2n) is 7.27. The van der Waals surface area contributed by atoms with Crippen LogP contribution in [-0.4, -0.2) is 50.0 Å². The van der Waals surface area contributed by atoms with E-state index in [-0.39, 0.29) is 5.91 Å². The molecule has 2 saturated carbocycles. The van der Waals surface area contributed by atoms with Crippen molar-refractivity contribution in [2.75, 3.05) is 33.2 Å². The van der Waals surface area contributed by atoms with Crippen LogP contribution in [0.5, 0.6) is 0 Å². The lowest BCUT2D eigenvalue weighted by molar-refractivity contribution is -0.127. The number of carbonyl (C=O) groups is 1. The van der Waals surface area contributed by atoms with Gasteiger partial charge >= 0.3 is 0 Å². The molecule has 2 aliphatic carbocycles. The first-order valence-electron chi connectivity index (χ1n) is 8.96. The summed E-state index contributed by atoms with van der Waals surface area (Å²) in [6.45, 7) is 3.95. The fraction of sp³-hybridized carbons (Fsp3) is 0.882. The van der Waals surface area contributed by atoms with Gasteiger partial charge in [0.2, 0.25) is 5.91 Å². The Labute approximate surface area is 133 Å². The zero-order valence-corrected chi connectivity index (χ0v) is 13.9. The van der Waals surface area contributed by atoms with Crippen molar-refractivity contribution < 1.29 is 4.79 Å². The molecule has 0 aromatic carbocycles. The summed E-state index contributed by atoms with van der Waals surface area (Å²) in [5.74, 6) is 1.58. The van der Waals surface area contributed by atoms with E-state index in [1.807, 2.05) is 7.05 Å². The summed E-state index contributed by atoms with van der Waals surface area (Å²) in [7, 11) is 1.87. The Morgan fingerprint density at radius 2 is 1.95 bits per heavy atom. The first-order valence-corrected chi connectivity index (χ1v) is 8.96. The minimum Gasteiger partial charge on any atom is -0.356 e. The van der Waals surface area contributed by atoms with Crippen LogP contribution in [0.2, 0.25) is 0 Å². The number of aliphatic imine (C=N–C) groups is 1. The van der Waals surface area contributed by atoms with Gasteiger partial charge in [0, 0.05) is 39.1 Å². The lowest BCUT2D eigenvalue weighted by Crippen LogP contribution is -2.43. The quantitative estimate of drug-likeness (QED) is 0.462. The second kappa shape index (κ2) is 6.88. The molecular formula is C17H30N4O. The maximum absolute atomic E-state index is 11.7. The minimum atomic E-state index is 0.252. The molecular weight excluding hydrogens is 276 g/mol. The average molecular weight is 306 g/mol. The monoisotopic (exact) mass is 306 g/mol. The molecule has 5 heteroatoms. The van der Waals surface area contributed by atoms with E-state index < -0.39 is 0 Å². The molecule has 0 aromatic heterocycles. The number of rotatable bonds is 5. The molecule has 3 aliphatic rings. The van der Waals surface area contributed by atoms with Crippen LogP contribution in [-0.2, 0) is 4.79 Å². The van der Waals surface area contributed by atoms with Gasteiger partial charge < -0.3 is 15.5 Å². The number of hydrogen-bond acceptors (Lipinski definition) is 2. The Balaban J connectivity index is 1.31. The van der Waals surface area contributed by atoms with Crippen LogP contribution >= 0.6 is 0 Å². The summed E-state index contributed by atoms with van der Waals surface area (Å²) in [5, 5.41) is 6.50. The fourth-order valence-corrected chi connectivity index (χ4v) is 3.85. The van der Waals surface area contributed by atoms with Crippen molar-refractivity contribution in [2.45, 2.75) is 51.4 Å². The van der Waals surface area contributed by atoms with Crippen molar-refractivity contribution in [1.82, 2.24) is 15.5 Å². The van der Waals surface area contributed by atoms with Crippen LogP contribution < -0.4 is 10.6 Å². The smallest absolute Gasteiger partial charge is 0.223 e. The van der Waals surface area contributed by atoms with Crippen LogP contribution in [0.25, 0.3) is 0 Å². The van der Waals surface area contributed by atoms with Gasteiger partial charge in [-0.15, -0.1) is 0 Å². The molecule has 124 valence electrons. The molecule has 3 rings (SSSR count). The molecule has 1 aliphatic heterocycles. The van der Waals surface area contributed by atoms with Crippen molar-refractivity contribution in [1.29, 1.82) is 0 Å². The third-order valence-corrected chi connectivity index (χ3v) is 5.78. The molecule has 0 bridgehead atoms. The highest BCUT2D eigenvalue weighted by Crippen LogP contribution is 2.47. The van der Waals surface area contributed by atoms with Crippen LogP contribution in [0, 0.1) is 11.3 Å². The van der Waals surface area contributed by atoms with Crippen LogP contribution in [0.3, 0.4) is 0 Å².